The number of ether oxygens (including phenoxy) is 4. The van der Waals surface area contributed by atoms with Gasteiger partial charge in [0, 0.05) is 45.1 Å². The van der Waals surface area contributed by atoms with Crippen LogP contribution in [0.15, 0.2) is 66.7 Å². The van der Waals surface area contributed by atoms with Gasteiger partial charge in [-0.05, 0) is 99.4 Å². The van der Waals surface area contributed by atoms with E-state index in [1.807, 2.05) is 42.5 Å². The van der Waals surface area contributed by atoms with Crippen LogP contribution in [0.4, 0.5) is 25.0 Å². The summed E-state index contributed by atoms with van der Waals surface area (Å²) in [7, 11) is 3.12. The minimum absolute atomic E-state index is 0.0144. The average Bonchev–Trinajstić information content (AvgIpc) is 3.94. The summed E-state index contributed by atoms with van der Waals surface area (Å²) in [4.78, 5) is 45.5. The van der Waals surface area contributed by atoms with Gasteiger partial charge in [-0.2, -0.15) is 8.78 Å². The molecule has 0 radical (unpaired) electrons. The topological polar surface area (TPSA) is 97.9 Å². The normalized spacial score (nSPS) is 19.9. The molecule has 2 fully saturated rings. The zero-order valence-corrected chi connectivity index (χ0v) is 29.7. The Kier molecular flexibility index (Phi) is 10.3. The van der Waals surface area contributed by atoms with Crippen LogP contribution in [0.3, 0.4) is 0 Å². The fourth-order valence-electron chi connectivity index (χ4n) is 6.85. The van der Waals surface area contributed by atoms with Crippen molar-refractivity contribution in [2.75, 3.05) is 50.3 Å². The van der Waals surface area contributed by atoms with E-state index in [0.29, 0.717) is 25.1 Å². The number of anilines is 2. The number of amides is 3. The van der Waals surface area contributed by atoms with Crippen LogP contribution >= 0.6 is 0 Å². The Labute approximate surface area is 297 Å². The van der Waals surface area contributed by atoms with Gasteiger partial charge in [0.2, 0.25) is 5.91 Å². The van der Waals surface area contributed by atoms with Gasteiger partial charge in [-0.25, -0.2) is 4.79 Å². The van der Waals surface area contributed by atoms with E-state index in [1.54, 1.807) is 49.8 Å². The molecule has 12 heteroatoms. The molecule has 0 N–H and O–H groups in total. The lowest BCUT2D eigenvalue weighted by Gasteiger charge is -2.41. The Bertz CT molecular complexity index is 1760. The van der Waals surface area contributed by atoms with Crippen molar-refractivity contribution in [3.8, 4) is 22.6 Å². The number of hydrogen-bond donors (Lipinski definition) is 0. The predicted octanol–water partition coefficient (Wildman–Crippen LogP) is 7.25. The van der Waals surface area contributed by atoms with E-state index in [4.69, 9.17) is 18.9 Å². The first-order valence-electron chi connectivity index (χ1n) is 17.4. The summed E-state index contributed by atoms with van der Waals surface area (Å²) in [5.41, 5.74) is 2.88. The molecule has 1 saturated heterocycles. The van der Waals surface area contributed by atoms with Crippen molar-refractivity contribution >= 4 is 29.3 Å². The first kappa shape index (κ1) is 36.1. The van der Waals surface area contributed by atoms with E-state index < -0.39 is 29.6 Å². The highest BCUT2D eigenvalue weighted by molar-refractivity contribution is 6.03. The first-order valence-corrected chi connectivity index (χ1v) is 17.4. The van der Waals surface area contributed by atoms with Gasteiger partial charge >= 0.3 is 18.1 Å². The van der Waals surface area contributed by atoms with Crippen molar-refractivity contribution in [1.82, 2.24) is 4.90 Å². The van der Waals surface area contributed by atoms with Gasteiger partial charge in [-0.3, -0.25) is 9.59 Å². The summed E-state index contributed by atoms with van der Waals surface area (Å²) in [6.45, 7) is 6.21. The number of nitrogens with zero attached hydrogens (tertiary/aromatic N) is 3. The third-order valence-electron chi connectivity index (χ3n) is 9.44. The van der Waals surface area contributed by atoms with Crippen LogP contribution in [-0.2, 0) is 19.1 Å². The Hall–Kier alpha value is -4.71. The largest absolute Gasteiger partial charge is 0.497 e. The molecule has 2 aliphatic heterocycles. The molecule has 0 unspecified atom stereocenters. The lowest BCUT2D eigenvalue weighted by Crippen LogP contribution is -2.52. The van der Waals surface area contributed by atoms with Crippen LogP contribution in [0.25, 0.3) is 11.1 Å². The second-order valence-electron chi connectivity index (χ2n) is 14.3. The van der Waals surface area contributed by atoms with Gasteiger partial charge in [0.15, 0.2) is 5.75 Å². The molecule has 3 amide bonds. The van der Waals surface area contributed by atoms with Crippen molar-refractivity contribution in [3.63, 3.8) is 0 Å². The van der Waals surface area contributed by atoms with Crippen LogP contribution in [0.5, 0.6) is 11.5 Å². The quantitative estimate of drug-likeness (QED) is 0.205. The summed E-state index contributed by atoms with van der Waals surface area (Å²) >= 11 is 0. The van der Waals surface area contributed by atoms with Crippen molar-refractivity contribution in [2.45, 2.75) is 70.1 Å². The maximum Gasteiger partial charge on any atom is 0.482 e. The number of fused-ring (bicyclic) bond motifs is 1. The average molecular weight is 706 g/mol. The number of methoxy groups -OCH3 is 2. The lowest BCUT2D eigenvalue weighted by molar-refractivity contribution is -0.192. The van der Waals surface area contributed by atoms with E-state index in [1.165, 1.54) is 13.2 Å². The van der Waals surface area contributed by atoms with Gasteiger partial charge in [0.1, 0.15) is 11.4 Å². The van der Waals surface area contributed by atoms with Crippen molar-refractivity contribution in [3.05, 3.63) is 72.3 Å². The first-order chi connectivity index (χ1) is 24.3. The molecule has 0 bridgehead atoms. The third-order valence-corrected chi connectivity index (χ3v) is 9.44. The fraction of sp³-hybridized carbons (Fsp3) is 0.462. The number of carbonyl (C=O) groups is 3. The number of hydrogen-bond acceptors (Lipinski definition) is 7. The Morgan fingerprint density at radius 2 is 1.73 bits per heavy atom. The number of carbonyl (C=O) groups excluding carboxylic acids is 3. The summed E-state index contributed by atoms with van der Waals surface area (Å²) in [5, 5.41) is 0. The predicted molar refractivity (Wildman–Crippen MR) is 188 cm³/mol. The van der Waals surface area contributed by atoms with E-state index in [-0.39, 0.29) is 49.0 Å². The second-order valence-corrected chi connectivity index (χ2v) is 14.3. The summed E-state index contributed by atoms with van der Waals surface area (Å²) in [6.07, 6.45) is -2.14. The maximum atomic E-state index is 15.0. The smallest absolute Gasteiger partial charge is 0.482 e. The van der Waals surface area contributed by atoms with Crippen molar-refractivity contribution in [2.24, 2.45) is 5.92 Å². The van der Waals surface area contributed by atoms with Crippen LogP contribution in [0.1, 0.15) is 57.9 Å². The summed E-state index contributed by atoms with van der Waals surface area (Å²) < 4.78 is 50.2. The molecule has 3 aliphatic rings. The molecule has 272 valence electrons. The zero-order valence-electron chi connectivity index (χ0n) is 29.7. The molecule has 6 rings (SSSR count). The highest BCUT2D eigenvalue weighted by Gasteiger charge is 2.51. The minimum atomic E-state index is -4.02. The third kappa shape index (κ3) is 7.96. The van der Waals surface area contributed by atoms with E-state index in [2.05, 4.69) is 6.07 Å². The maximum absolute atomic E-state index is 15.0. The van der Waals surface area contributed by atoms with Crippen LogP contribution in [0, 0.1) is 5.92 Å². The standard InChI is InChI=1S/C39H45F2N3O7/c1-38(2,3)51-37(47)42-20-18-31(27-9-6-8-26(22-27)25-10-15-30(49-5)16-11-25)32(24-42)35(45)44(28-12-13-28)29-14-17-34-33(23-29)43(19-7-21-48-4)36(46)39(40,41)50-34/h6,8-11,14-17,22-23,28,31-32H,7,12-13,18-21,24H2,1-5H3/t31-,32+/m1/s1. The van der Waals surface area contributed by atoms with E-state index >= 15 is 0 Å². The fourth-order valence-corrected chi connectivity index (χ4v) is 6.85. The van der Waals surface area contributed by atoms with Crippen molar-refractivity contribution in [1.29, 1.82) is 0 Å². The molecule has 0 spiro atoms. The van der Waals surface area contributed by atoms with Gasteiger partial charge < -0.3 is 33.6 Å². The van der Waals surface area contributed by atoms with Gasteiger partial charge in [-0.1, -0.05) is 36.4 Å². The highest BCUT2D eigenvalue weighted by Crippen LogP contribution is 2.45. The van der Waals surface area contributed by atoms with Crippen LogP contribution in [0.2, 0.25) is 0 Å². The second kappa shape index (κ2) is 14.5. The Morgan fingerprint density at radius 1 is 0.980 bits per heavy atom. The van der Waals surface area contributed by atoms with Crippen LogP contribution in [-0.4, -0.2) is 81.0 Å². The van der Waals surface area contributed by atoms with Gasteiger partial charge in [0.25, 0.3) is 0 Å². The summed E-state index contributed by atoms with van der Waals surface area (Å²) in [5.74, 6) is -1.93. The monoisotopic (exact) mass is 705 g/mol. The molecule has 0 aromatic heterocycles. The number of piperidine rings is 1. The molecule has 51 heavy (non-hydrogen) atoms. The number of alkyl halides is 2. The van der Waals surface area contributed by atoms with Gasteiger partial charge in [0.05, 0.1) is 18.7 Å². The molecule has 3 aromatic carbocycles. The summed E-state index contributed by atoms with van der Waals surface area (Å²) in [6, 6.07) is 20.3. The molecular weight excluding hydrogens is 660 g/mol. The van der Waals surface area contributed by atoms with E-state index in [0.717, 1.165) is 40.2 Å². The number of likely N-dealkylation sites (tertiary alicyclic amines) is 1. The SMILES string of the molecule is COCCCN1C(=O)C(F)(F)Oc2ccc(N(C(=O)[C@H]3CN(C(=O)OC(C)(C)C)CC[C@@H]3c3cccc(-c4ccc(OC)cc4)c3)C3CC3)cc21. The molecule has 1 saturated carbocycles. The minimum Gasteiger partial charge on any atom is -0.497 e. The van der Waals surface area contributed by atoms with Crippen LogP contribution < -0.4 is 19.3 Å². The lowest BCUT2D eigenvalue weighted by atomic mass is 9.78. The number of halogens is 2. The zero-order chi connectivity index (χ0) is 36.5. The van der Waals surface area contributed by atoms with Crippen molar-refractivity contribution < 1.29 is 42.1 Å². The molecule has 1 aliphatic carbocycles. The number of benzene rings is 3. The molecule has 2 atom stereocenters. The van der Waals surface area contributed by atoms with Gasteiger partial charge in [-0.15, -0.1) is 0 Å². The molecule has 2 heterocycles. The Balaban J connectivity index is 1.36. The number of rotatable bonds is 10. The van der Waals surface area contributed by atoms with E-state index in [9.17, 15) is 23.2 Å². The Morgan fingerprint density at radius 3 is 2.39 bits per heavy atom. The molecular formula is C39H45F2N3O7. The highest BCUT2D eigenvalue weighted by atomic mass is 19.3. The molecule has 3 aromatic rings. The molecule has 10 nitrogen and oxygen atoms in total.